The highest BCUT2D eigenvalue weighted by Gasteiger charge is 2.61. The lowest BCUT2D eigenvalue weighted by molar-refractivity contribution is -0.258. The zero-order valence-corrected chi connectivity index (χ0v) is 40.9. The summed E-state index contributed by atoms with van der Waals surface area (Å²) in [4.78, 5) is 114. The Hall–Kier alpha value is -7.34. The molecule has 11 N–H and O–H groups in total. The van der Waals surface area contributed by atoms with Crippen LogP contribution in [-0.2, 0) is 60.9 Å². The molecule has 26 heteroatoms. The molecule has 2 fully saturated rings. The highest BCUT2D eigenvalue weighted by Crippen LogP contribution is 2.45. The molecule has 2 saturated heterocycles. The summed E-state index contributed by atoms with van der Waals surface area (Å²) in [5, 5.41) is 8.15. The first-order valence-electron chi connectivity index (χ1n) is 22.6. The van der Waals surface area contributed by atoms with E-state index in [-0.39, 0.29) is 73.3 Å². The van der Waals surface area contributed by atoms with Gasteiger partial charge in [-0.25, -0.2) is 15.5 Å². The number of rotatable bonds is 17. The molecule has 8 atom stereocenters. The van der Waals surface area contributed by atoms with E-state index in [9.17, 15) is 38.4 Å². The lowest BCUT2D eigenvalue weighted by Crippen LogP contribution is -2.50. The van der Waals surface area contributed by atoms with Crippen LogP contribution in [0.2, 0.25) is 0 Å². The van der Waals surface area contributed by atoms with Crippen LogP contribution in [0.4, 0.5) is 0 Å². The number of aromatic nitrogens is 4. The summed E-state index contributed by atoms with van der Waals surface area (Å²) in [5.41, 5.74) is -0.273. The summed E-state index contributed by atoms with van der Waals surface area (Å²) in [6.45, 7) is 8.99. The number of nitrogens with one attached hydrogen (secondary N) is 2. The Morgan fingerprint density at radius 2 is 1.00 bits per heavy atom. The molecule has 2 aromatic heterocycles. The highest BCUT2D eigenvalue weighted by atomic mass is 16.8. The van der Waals surface area contributed by atoms with Crippen molar-refractivity contribution < 1.29 is 67.9 Å². The molecular formula is C48H60N8O18. The lowest BCUT2D eigenvalue weighted by atomic mass is 10.0. The van der Waals surface area contributed by atoms with Crippen LogP contribution in [0.25, 0.3) is 0 Å². The third-order valence-corrected chi connectivity index (χ3v) is 11.7. The van der Waals surface area contributed by atoms with Crippen molar-refractivity contribution in [2.75, 3.05) is 6.61 Å². The smallest absolute Gasteiger partial charge is 0.330 e. The van der Waals surface area contributed by atoms with Gasteiger partial charge in [-0.3, -0.25) is 69.2 Å². The average molecular weight is 1040 g/mol. The number of imide groups is 1. The number of fused-ring (bicyclic) bond motifs is 1. The summed E-state index contributed by atoms with van der Waals surface area (Å²) in [7, 11) is 0. The summed E-state index contributed by atoms with van der Waals surface area (Å²) >= 11 is 0. The standard InChI is InChI=1S/C27H25N3O9.C19H23N3O7.C2H6O.H4N2.H2O/c1-3-27(37-15-31)21(36-14-17-9-5-4-6-10-17)20(25(38-27)29-13-16(2)22(32)28-26(29)35)39-30-23(33)18-11-7-8-12-19(18)24(30)34;1-3-19(27-11-23)15(26-10-13-7-5-4-6-8-13)14(29-20)17(28-19)22-9-12(2)16(24)21-18(22)25;1-2-3;1-2;/h4-13,15,20-21,25H,3,14H2,1-2H3,(H,28,32,35);4-9,11,14-15,17H,3,10,20H2,1-2H3,(H,21,24,25);3H,2H2,1H3;1-2H2;1H2/t20-,21?,25+,27+;14-,15?,17+,19+;;;/m00.../s1. The van der Waals surface area contributed by atoms with Gasteiger partial charge in [-0.1, -0.05) is 86.6 Å². The van der Waals surface area contributed by atoms with E-state index in [0.29, 0.717) is 5.06 Å². The fourth-order valence-electron chi connectivity index (χ4n) is 8.14. The molecule has 2 amide bonds. The van der Waals surface area contributed by atoms with Crippen molar-refractivity contribution in [1.82, 2.24) is 24.2 Å². The van der Waals surface area contributed by atoms with E-state index in [4.69, 9.17) is 49.1 Å². The molecule has 74 heavy (non-hydrogen) atoms. The van der Waals surface area contributed by atoms with E-state index in [1.807, 2.05) is 60.7 Å². The van der Waals surface area contributed by atoms with E-state index in [2.05, 4.69) is 21.7 Å². The number of nitrogens with zero attached hydrogens (tertiary/aromatic N) is 3. The number of aliphatic hydroxyl groups excluding tert-OH is 1. The van der Waals surface area contributed by atoms with E-state index in [1.54, 1.807) is 39.8 Å². The summed E-state index contributed by atoms with van der Waals surface area (Å²) < 4.78 is 37.2. The van der Waals surface area contributed by atoms with Gasteiger partial charge in [0.15, 0.2) is 36.9 Å². The van der Waals surface area contributed by atoms with Gasteiger partial charge < -0.3 is 39.0 Å². The number of carbonyl (C=O) groups excluding carboxylic acids is 4. The number of hydroxylamine groups is 2. The number of hydrogen-bond donors (Lipinski definition) is 6. The molecule has 3 aliphatic heterocycles. The Bertz CT molecular complexity index is 2860. The topological polar surface area (TPSA) is 385 Å². The van der Waals surface area contributed by atoms with Gasteiger partial charge in [0.05, 0.1) is 24.3 Å². The fraction of sp³-hybridized carbons (Fsp3) is 0.375. The summed E-state index contributed by atoms with van der Waals surface area (Å²) in [6, 6.07) is 24.7. The molecule has 26 nitrogen and oxygen atoms in total. The van der Waals surface area contributed by atoms with Crippen LogP contribution < -0.4 is 40.1 Å². The Balaban J connectivity index is 0.000000302. The van der Waals surface area contributed by atoms with Crippen molar-refractivity contribution in [2.45, 2.75) is 109 Å². The monoisotopic (exact) mass is 1040 g/mol. The second-order valence-electron chi connectivity index (χ2n) is 16.1. The number of carbonyl (C=O) groups is 4. The van der Waals surface area contributed by atoms with E-state index >= 15 is 0 Å². The third kappa shape index (κ3) is 12.7. The molecule has 0 bridgehead atoms. The molecule has 3 aliphatic rings. The van der Waals surface area contributed by atoms with E-state index in [1.165, 1.54) is 31.5 Å². The largest absolute Gasteiger partial charge is 0.432 e. The second-order valence-corrected chi connectivity index (χ2v) is 16.1. The van der Waals surface area contributed by atoms with Crippen LogP contribution in [0.15, 0.2) is 117 Å². The number of aromatic amines is 2. The maximum absolute atomic E-state index is 13.1. The molecule has 3 aromatic carbocycles. The molecule has 5 heterocycles. The first kappa shape index (κ1) is 59.2. The van der Waals surface area contributed by atoms with Crippen molar-refractivity contribution in [2.24, 2.45) is 17.6 Å². The first-order chi connectivity index (χ1) is 35.2. The Labute approximate surface area is 421 Å². The van der Waals surface area contributed by atoms with Gasteiger partial charge in [0.25, 0.3) is 35.9 Å². The number of hydrazine groups is 1. The maximum Gasteiger partial charge on any atom is 0.330 e. The Kier molecular flexibility index (Phi) is 21.7. The molecule has 2 unspecified atom stereocenters. The molecule has 8 rings (SSSR count). The van der Waals surface area contributed by atoms with Crippen LogP contribution in [0, 0.1) is 13.8 Å². The van der Waals surface area contributed by atoms with Gasteiger partial charge in [0.2, 0.25) is 11.6 Å². The highest BCUT2D eigenvalue weighted by molar-refractivity contribution is 6.20. The van der Waals surface area contributed by atoms with Gasteiger partial charge in [-0.05, 0) is 44.0 Å². The molecule has 5 aromatic rings. The molecule has 0 spiro atoms. The van der Waals surface area contributed by atoms with Crippen LogP contribution in [0.5, 0.6) is 0 Å². The fourth-order valence-corrected chi connectivity index (χ4v) is 8.14. The molecule has 0 aliphatic carbocycles. The molecular weight excluding hydrogens is 977 g/mol. The van der Waals surface area contributed by atoms with Gasteiger partial charge in [-0.15, -0.1) is 5.06 Å². The lowest BCUT2D eigenvalue weighted by Gasteiger charge is -2.32. The quantitative estimate of drug-likeness (QED) is 0.0316. The summed E-state index contributed by atoms with van der Waals surface area (Å²) in [6.07, 6.45) is -4.14. The van der Waals surface area contributed by atoms with Crippen molar-refractivity contribution in [3.63, 3.8) is 0 Å². The predicted molar refractivity (Wildman–Crippen MR) is 258 cm³/mol. The van der Waals surface area contributed by atoms with Gasteiger partial charge in [0.1, 0.15) is 0 Å². The van der Waals surface area contributed by atoms with Crippen molar-refractivity contribution in [1.29, 1.82) is 0 Å². The maximum atomic E-state index is 13.1. The van der Waals surface area contributed by atoms with Gasteiger partial charge in [0, 0.05) is 43.0 Å². The van der Waals surface area contributed by atoms with Crippen LogP contribution in [0.1, 0.15) is 89.0 Å². The Morgan fingerprint density at radius 3 is 1.36 bits per heavy atom. The van der Waals surface area contributed by atoms with Crippen LogP contribution in [-0.4, -0.2) is 102 Å². The van der Waals surface area contributed by atoms with Crippen molar-refractivity contribution in [3.8, 4) is 0 Å². The number of ether oxygens (including phenoxy) is 6. The predicted octanol–water partition coefficient (Wildman–Crippen LogP) is 0.325. The minimum Gasteiger partial charge on any atom is -0.432 e. The molecule has 0 radical (unpaired) electrons. The summed E-state index contributed by atoms with van der Waals surface area (Å²) in [5.74, 6) is 8.78. The number of aliphatic hydroxyl groups is 1. The zero-order chi connectivity index (χ0) is 53.5. The van der Waals surface area contributed by atoms with E-state index < -0.39 is 82.8 Å². The number of hydrogen-bond acceptors (Lipinski definition) is 20. The number of benzene rings is 3. The van der Waals surface area contributed by atoms with Crippen molar-refractivity contribution in [3.05, 3.63) is 172 Å². The normalized spacial score (nSPS) is 23.4. The minimum atomic E-state index is -1.77. The zero-order valence-electron chi connectivity index (χ0n) is 40.9. The number of aryl methyl sites for hydroxylation is 2. The van der Waals surface area contributed by atoms with Crippen molar-refractivity contribution >= 4 is 24.8 Å². The van der Waals surface area contributed by atoms with E-state index in [0.717, 1.165) is 20.3 Å². The number of H-pyrrole nitrogens is 2. The second kappa shape index (κ2) is 27.1. The van der Waals surface area contributed by atoms with Gasteiger partial charge >= 0.3 is 11.4 Å². The number of nitrogens with two attached hydrogens (primary N) is 3. The number of amides is 2. The SMILES string of the molecule is CCO.CC[C@@]1(OC=O)O[C@@H](n2cc(C)c(=O)[nH]c2=O)[C@@H](ON)C1OCc1ccccc1.CC[C@@]1(OC=O)O[C@@H](n2cc(C)c(=O)[nH]c2=O)[C@@H](ON2C(=O)c3ccccc3C2=O)C1OCc1ccccc1.NN.O. The van der Waals surface area contributed by atoms with Crippen LogP contribution in [0.3, 0.4) is 0 Å². The van der Waals surface area contributed by atoms with Crippen LogP contribution >= 0.6 is 0 Å². The minimum absolute atomic E-state index is 0. The molecule has 0 saturated carbocycles. The first-order valence-corrected chi connectivity index (χ1v) is 22.6. The Morgan fingerprint density at radius 1 is 0.635 bits per heavy atom. The average Bonchev–Trinajstić information content (AvgIpc) is 3.97. The third-order valence-electron chi connectivity index (χ3n) is 11.7. The molecule has 400 valence electrons. The van der Waals surface area contributed by atoms with Gasteiger partial charge in [-0.2, -0.15) is 0 Å².